The number of nitrogens with one attached hydrogen (secondary N) is 1. The highest BCUT2D eigenvalue weighted by Gasteiger charge is 2.15. The molecule has 96 valence electrons. The second-order valence-corrected chi connectivity index (χ2v) is 5.68. The Morgan fingerprint density at radius 1 is 1.44 bits per heavy atom. The van der Waals surface area contributed by atoms with Crippen LogP contribution >= 0.6 is 22.9 Å². The van der Waals surface area contributed by atoms with Gasteiger partial charge in [-0.15, -0.1) is 11.3 Å². The van der Waals surface area contributed by atoms with Gasteiger partial charge in [0.1, 0.15) is 0 Å². The Morgan fingerprint density at radius 2 is 2.22 bits per heavy atom. The summed E-state index contributed by atoms with van der Waals surface area (Å²) < 4.78 is 0. The van der Waals surface area contributed by atoms with Crippen molar-refractivity contribution in [3.8, 4) is 0 Å². The van der Waals surface area contributed by atoms with Gasteiger partial charge in [0.2, 0.25) is 0 Å². The monoisotopic (exact) mass is 281 g/mol. The molecule has 0 aliphatic heterocycles. The third kappa shape index (κ3) is 3.09. The van der Waals surface area contributed by atoms with Crippen LogP contribution in [0, 0.1) is 13.8 Å². The fourth-order valence-corrected chi connectivity index (χ4v) is 3.03. The van der Waals surface area contributed by atoms with E-state index in [-0.39, 0.29) is 6.04 Å². The van der Waals surface area contributed by atoms with Gasteiger partial charge in [0.05, 0.1) is 11.0 Å². The van der Waals surface area contributed by atoms with Gasteiger partial charge in [0.15, 0.2) is 0 Å². The van der Waals surface area contributed by atoms with Crippen molar-refractivity contribution in [1.29, 1.82) is 0 Å². The number of halogens is 1. The Balaban J connectivity index is 2.22. The molecule has 0 aliphatic carbocycles. The van der Waals surface area contributed by atoms with Crippen molar-refractivity contribution in [2.24, 2.45) is 5.84 Å². The van der Waals surface area contributed by atoms with Crippen LogP contribution in [0.15, 0.2) is 23.6 Å². The van der Waals surface area contributed by atoms with E-state index in [4.69, 9.17) is 17.4 Å². The number of thiazole rings is 1. The molecule has 1 atom stereocenters. The maximum Gasteiger partial charge on any atom is 0.0947 e. The largest absolute Gasteiger partial charge is 0.271 e. The van der Waals surface area contributed by atoms with E-state index in [0.29, 0.717) is 0 Å². The molecule has 0 bridgehead atoms. The van der Waals surface area contributed by atoms with Crippen molar-refractivity contribution in [3.05, 3.63) is 50.4 Å². The van der Waals surface area contributed by atoms with E-state index in [9.17, 15) is 0 Å². The molecule has 18 heavy (non-hydrogen) atoms. The van der Waals surface area contributed by atoms with Crippen molar-refractivity contribution in [3.63, 3.8) is 0 Å². The molecule has 0 saturated carbocycles. The average Bonchev–Trinajstić information content (AvgIpc) is 2.72. The molecule has 3 N–H and O–H groups in total. The first-order valence-corrected chi connectivity index (χ1v) is 6.99. The summed E-state index contributed by atoms with van der Waals surface area (Å²) in [4.78, 5) is 4.45. The Bertz CT molecular complexity index is 539. The molecule has 1 aromatic carbocycles. The van der Waals surface area contributed by atoms with Gasteiger partial charge in [-0.25, -0.2) is 4.98 Å². The number of rotatable bonds is 4. The molecule has 1 aromatic heterocycles. The van der Waals surface area contributed by atoms with Crippen LogP contribution in [0.3, 0.4) is 0 Å². The Kier molecular flexibility index (Phi) is 4.35. The first kappa shape index (κ1) is 13.5. The topological polar surface area (TPSA) is 50.9 Å². The minimum absolute atomic E-state index is 0.0105. The van der Waals surface area contributed by atoms with E-state index < -0.39 is 0 Å². The van der Waals surface area contributed by atoms with Crippen LogP contribution in [-0.4, -0.2) is 4.98 Å². The van der Waals surface area contributed by atoms with Crippen molar-refractivity contribution >= 4 is 22.9 Å². The highest BCUT2D eigenvalue weighted by Crippen LogP contribution is 2.27. The minimum atomic E-state index is -0.0105. The molecule has 0 saturated heterocycles. The SMILES string of the molecule is Cc1ccc(C(Cc2nc(C)cs2)NN)c(Cl)c1. The van der Waals surface area contributed by atoms with Gasteiger partial charge < -0.3 is 0 Å². The molecule has 3 nitrogen and oxygen atoms in total. The van der Waals surface area contributed by atoms with Crippen LogP contribution in [-0.2, 0) is 6.42 Å². The zero-order chi connectivity index (χ0) is 13.1. The van der Waals surface area contributed by atoms with Crippen molar-refractivity contribution in [2.75, 3.05) is 0 Å². The van der Waals surface area contributed by atoms with Crippen molar-refractivity contribution in [1.82, 2.24) is 10.4 Å². The van der Waals surface area contributed by atoms with E-state index in [2.05, 4.69) is 10.4 Å². The van der Waals surface area contributed by atoms with Gasteiger partial charge in [-0.3, -0.25) is 11.3 Å². The lowest BCUT2D eigenvalue weighted by Gasteiger charge is -2.16. The molecule has 2 rings (SSSR count). The molecule has 1 unspecified atom stereocenters. The standard InChI is InChI=1S/C13H16ClN3S/c1-8-3-4-10(11(14)5-8)12(17-15)6-13-16-9(2)7-18-13/h3-5,7,12,17H,6,15H2,1-2H3. The highest BCUT2D eigenvalue weighted by molar-refractivity contribution is 7.09. The fraction of sp³-hybridized carbons (Fsp3) is 0.308. The van der Waals surface area contributed by atoms with Gasteiger partial charge in [-0.1, -0.05) is 23.7 Å². The molecular weight excluding hydrogens is 266 g/mol. The van der Waals surface area contributed by atoms with Crippen LogP contribution in [0.5, 0.6) is 0 Å². The van der Waals surface area contributed by atoms with Crippen molar-refractivity contribution in [2.45, 2.75) is 26.3 Å². The molecule has 1 heterocycles. The zero-order valence-corrected chi connectivity index (χ0v) is 12.0. The summed E-state index contributed by atoms with van der Waals surface area (Å²) in [5.74, 6) is 5.63. The second kappa shape index (κ2) is 5.80. The third-order valence-corrected chi connectivity index (χ3v) is 4.09. The lowest BCUT2D eigenvalue weighted by Crippen LogP contribution is -2.29. The maximum atomic E-state index is 6.26. The van der Waals surface area contributed by atoms with E-state index in [0.717, 1.165) is 33.3 Å². The number of aryl methyl sites for hydroxylation is 2. The van der Waals surface area contributed by atoms with Crippen LogP contribution in [0.2, 0.25) is 5.02 Å². The van der Waals surface area contributed by atoms with E-state index >= 15 is 0 Å². The summed E-state index contributed by atoms with van der Waals surface area (Å²) in [6.07, 6.45) is 0.748. The average molecular weight is 282 g/mol. The molecule has 0 aliphatic rings. The Hall–Kier alpha value is -0.940. The van der Waals surface area contributed by atoms with Gasteiger partial charge in [0.25, 0.3) is 0 Å². The predicted molar refractivity (Wildman–Crippen MR) is 76.8 cm³/mol. The van der Waals surface area contributed by atoms with Gasteiger partial charge >= 0.3 is 0 Å². The van der Waals surface area contributed by atoms with Gasteiger partial charge in [-0.2, -0.15) is 0 Å². The Labute approximate surface area is 116 Å². The molecule has 0 radical (unpaired) electrons. The van der Waals surface area contributed by atoms with Crippen molar-refractivity contribution < 1.29 is 0 Å². The first-order chi connectivity index (χ1) is 8.60. The van der Waals surface area contributed by atoms with E-state index in [1.165, 1.54) is 0 Å². The number of hydrazine groups is 1. The molecule has 0 spiro atoms. The third-order valence-electron chi connectivity index (χ3n) is 2.78. The smallest absolute Gasteiger partial charge is 0.0947 e. The summed E-state index contributed by atoms with van der Waals surface area (Å²) >= 11 is 7.91. The fourth-order valence-electron chi connectivity index (χ4n) is 1.84. The normalized spacial score (nSPS) is 12.7. The highest BCUT2D eigenvalue weighted by atomic mass is 35.5. The second-order valence-electron chi connectivity index (χ2n) is 4.33. The summed E-state index contributed by atoms with van der Waals surface area (Å²) in [5.41, 5.74) is 6.02. The molecular formula is C13H16ClN3S. The summed E-state index contributed by atoms with van der Waals surface area (Å²) in [6.45, 7) is 4.01. The summed E-state index contributed by atoms with van der Waals surface area (Å²) in [5, 5.41) is 3.85. The maximum absolute atomic E-state index is 6.26. The number of hydrogen-bond acceptors (Lipinski definition) is 4. The van der Waals surface area contributed by atoms with E-state index in [1.54, 1.807) is 11.3 Å². The minimum Gasteiger partial charge on any atom is -0.271 e. The van der Waals surface area contributed by atoms with Gasteiger partial charge in [-0.05, 0) is 31.0 Å². The summed E-state index contributed by atoms with van der Waals surface area (Å²) in [7, 11) is 0. The number of nitrogens with zero attached hydrogens (tertiary/aromatic N) is 1. The number of nitrogens with two attached hydrogens (primary N) is 1. The zero-order valence-electron chi connectivity index (χ0n) is 10.4. The molecule has 0 amide bonds. The lowest BCUT2D eigenvalue weighted by atomic mass is 10.0. The first-order valence-electron chi connectivity index (χ1n) is 5.73. The molecule has 2 aromatic rings. The molecule has 0 fully saturated rings. The van der Waals surface area contributed by atoms with Crippen LogP contribution in [0.1, 0.15) is 27.9 Å². The predicted octanol–water partition coefficient (Wildman–Crippen LogP) is 3.16. The van der Waals surface area contributed by atoms with E-state index in [1.807, 2.05) is 37.4 Å². The Morgan fingerprint density at radius 3 is 2.78 bits per heavy atom. The molecule has 5 heteroatoms. The number of benzene rings is 1. The van der Waals surface area contributed by atoms with Crippen LogP contribution in [0.4, 0.5) is 0 Å². The van der Waals surface area contributed by atoms with Gasteiger partial charge in [0, 0.05) is 22.5 Å². The number of hydrogen-bond donors (Lipinski definition) is 2. The van der Waals surface area contributed by atoms with Crippen LogP contribution < -0.4 is 11.3 Å². The quantitative estimate of drug-likeness (QED) is 0.669. The van der Waals surface area contributed by atoms with Crippen LogP contribution in [0.25, 0.3) is 0 Å². The summed E-state index contributed by atoms with van der Waals surface area (Å²) in [6, 6.07) is 6.00. The lowest BCUT2D eigenvalue weighted by molar-refractivity contribution is 0.550. The number of aromatic nitrogens is 1.